The monoisotopic (exact) mass is 623 g/mol. The number of aromatic nitrogens is 1. The number of ether oxygens (including phenoxy) is 1. The minimum atomic E-state index is -0.507. The highest BCUT2D eigenvalue weighted by Gasteiger charge is 2.51. The van der Waals surface area contributed by atoms with Crippen LogP contribution in [0.5, 0.6) is 11.5 Å². The molecular weight excluding hydrogens is 595 g/mol. The zero-order valence-electron chi connectivity index (χ0n) is 26.6. The van der Waals surface area contributed by atoms with Crippen molar-refractivity contribution in [3.63, 3.8) is 0 Å². The molecule has 1 aliphatic carbocycles. The van der Waals surface area contributed by atoms with Crippen LogP contribution in [0, 0.1) is 0 Å². The first-order valence-electron chi connectivity index (χ1n) is 16.9. The Morgan fingerprint density at radius 1 is 0.429 bits per heavy atom. The van der Waals surface area contributed by atoms with Gasteiger partial charge in [0.2, 0.25) is 0 Å². The minimum Gasteiger partial charge on any atom is -0.454 e. The zero-order valence-corrected chi connectivity index (χ0v) is 26.6. The maximum atomic E-state index is 7.11. The third-order valence-corrected chi connectivity index (χ3v) is 10.9. The van der Waals surface area contributed by atoms with Crippen LogP contribution in [-0.2, 0) is 5.41 Å². The van der Waals surface area contributed by atoms with Crippen LogP contribution in [0.1, 0.15) is 22.3 Å². The molecule has 0 N–H and O–H groups in total. The van der Waals surface area contributed by atoms with E-state index in [4.69, 9.17) is 4.74 Å². The number of benzene rings is 8. The zero-order chi connectivity index (χ0) is 32.1. The smallest absolute Gasteiger partial charge is 0.156 e. The molecule has 1 aliphatic heterocycles. The lowest BCUT2D eigenvalue weighted by molar-refractivity contribution is 0.440. The molecule has 8 aromatic carbocycles. The Morgan fingerprint density at radius 2 is 1.06 bits per heavy atom. The van der Waals surface area contributed by atoms with E-state index in [1.165, 1.54) is 66.1 Å². The molecule has 2 nitrogen and oxygen atoms in total. The maximum absolute atomic E-state index is 7.11. The fourth-order valence-corrected chi connectivity index (χ4v) is 8.80. The van der Waals surface area contributed by atoms with E-state index < -0.39 is 5.41 Å². The van der Waals surface area contributed by atoms with Crippen LogP contribution < -0.4 is 4.74 Å². The van der Waals surface area contributed by atoms with Gasteiger partial charge >= 0.3 is 0 Å². The summed E-state index contributed by atoms with van der Waals surface area (Å²) in [5.74, 6) is 1.81. The fraction of sp³-hybridized carbons (Fsp3) is 0.0213. The van der Waals surface area contributed by atoms with Gasteiger partial charge in [0.05, 0.1) is 16.4 Å². The number of nitrogens with zero attached hydrogens (tertiary/aromatic N) is 1. The Balaban J connectivity index is 1.20. The SMILES string of the molecule is c1ccc2c(c1)Oc1c(ccc3c4ccccc4n(-c4ccc(-c5ccc6ccccc6c5)cc4)c13)C21c2ccccc2-c2ccccc21. The Labute approximate surface area is 284 Å². The first kappa shape index (κ1) is 26.7. The summed E-state index contributed by atoms with van der Waals surface area (Å²) in [7, 11) is 0. The first-order chi connectivity index (χ1) is 24.3. The van der Waals surface area contributed by atoms with E-state index in [1.807, 2.05) is 0 Å². The first-order valence-corrected chi connectivity index (χ1v) is 16.9. The van der Waals surface area contributed by atoms with Crippen LogP contribution in [0.3, 0.4) is 0 Å². The van der Waals surface area contributed by atoms with Gasteiger partial charge in [-0.1, -0.05) is 146 Å². The molecule has 0 bridgehead atoms. The van der Waals surface area contributed by atoms with Crippen LogP contribution in [0.4, 0.5) is 0 Å². The Morgan fingerprint density at radius 3 is 1.86 bits per heavy atom. The molecule has 0 atom stereocenters. The molecule has 2 heterocycles. The summed E-state index contributed by atoms with van der Waals surface area (Å²) in [4.78, 5) is 0. The van der Waals surface area contributed by atoms with Crippen molar-refractivity contribution in [1.29, 1.82) is 0 Å². The van der Waals surface area contributed by atoms with Gasteiger partial charge in [-0.3, -0.25) is 0 Å². The van der Waals surface area contributed by atoms with Crippen molar-refractivity contribution in [2.75, 3.05) is 0 Å². The normalized spacial score (nSPS) is 13.6. The van der Waals surface area contributed by atoms with Crippen LogP contribution in [0.15, 0.2) is 176 Å². The van der Waals surface area contributed by atoms with Gasteiger partial charge in [0.25, 0.3) is 0 Å². The van der Waals surface area contributed by atoms with Crippen LogP contribution in [0.25, 0.3) is 60.5 Å². The molecule has 0 fully saturated rings. The number of para-hydroxylation sites is 2. The van der Waals surface area contributed by atoms with E-state index in [-0.39, 0.29) is 0 Å². The van der Waals surface area contributed by atoms with Gasteiger partial charge in [-0.05, 0) is 74.5 Å². The Hall–Kier alpha value is -6.38. The fourth-order valence-electron chi connectivity index (χ4n) is 8.80. The van der Waals surface area contributed by atoms with Gasteiger partial charge in [-0.25, -0.2) is 0 Å². The van der Waals surface area contributed by atoms with E-state index in [0.717, 1.165) is 28.2 Å². The molecule has 49 heavy (non-hydrogen) atoms. The molecule has 2 aliphatic rings. The van der Waals surface area contributed by atoms with Gasteiger partial charge in [0.15, 0.2) is 5.75 Å². The van der Waals surface area contributed by atoms with Gasteiger partial charge in [-0.2, -0.15) is 0 Å². The van der Waals surface area contributed by atoms with Gasteiger partial charge in [-0.15, -0.1) is 0 Å². The quantitative estimate of drug-likeness (QED) is 0.187. The molecule has 0 radical (unpaired) electrons. The van der Waals surface area contributed by atoms with E-state index in [0.29, 0.717) is 0 Å². The summed E-state index contributed by atoms with van der Waals surface area (Å²) < 4.78 is 9.52. The van der Waals surface area contributed by atoms with Crippen molar-refractivity contribution in [1.82, 2.24) is 4.57 Å². The second-order valence-electron chi connectivity index (χ2n) is 13.2. The summed E-state index contributed by atoms with van der Waals surface area (Å²) in [5.41, 5.74) is 12.8. The molecule has 11 rings (SSSR count). The summed E-state index contributed by atoms with van der Waals surface area (Å²) in [6, 6.07) is 64.1. The Bertz CT molecular complexity index is 2760. The molecule has 0 saturated carbocycles. The topological polar surface area (TPSA) is 14.2 Å². The van der Waals surface area contributed by atoms with Crippen LogP contribution in [-0.4, -0.2) is 4.57 Å². The van der Waals surface area contributed by atoms with E-state index >= 15 is 0 Å². The van der Waals surface area contributed by atoms with E-state index in [2.05, 4.69) is 180 Å². The third-order valence-electron chi connectivity index (χ3n) is 10.9. The summed E-state index contributed by atoms with van der Waals surface area (Å²) >= 11 is 0. The number of hydrogen-bond donors (Lipinski definition) is 0. The average Bonchev–Trinajstić information content (AvgIpc) is 3.66. The van der Waals surface area contributed by atoms with Crippen molar-refractivity contribution < 1.29 is 4.74 Å². The molecule has 0 amide bonds. The highest BCUT2D eigenvalue weighted by atomic mass is 16.5. The van der Waals surface area contributed by atoms with E-state index in [1.54, 1.807) is 0 Å². The number of fused-ring (bicyclic) bond motifs is 14. The second-order valence-corrected chi connectivity index (χ2v) is 13.2. The lowest BCUT2D eigenvalue weighted by Gasteiger charge is -2.39. The predicted octanol–water partition coefficient (Wildman–Crippen LogP) is 12.1. The van der Waals surface area contributed by atoms with Crippen molar-refractivity contribution in [3.8, 4) is 39.4 Å². The lowest BCUT2D eigenvalue weighted by Crippen LogP contribution is -2.32. The van der Waals surface area contributed by atoms with Crippen molar-refractivity contribution in [3.05, 3.63) is 198 Å². The maximum Gasteiger partial charge on any atom is 0.156 e. The predicted molar refractivity (Wildman–Crippen MR) is 201 cm³/mol. The van der Waals surface area contributed by atoms with Gasteiger partial charge < -0.3 is 9.30 Å². The molecular formula is C47H29NO. The van der Waals surface area contributed by atoms with Crippen molar-refractivity contribution in [2.45, 2.75) is 5.41 Å². The number of rotatable bonds is 2. The van der Waals surface area contributed by atoms with Crippen molar-refractivity contribution in [2.24, 2.45) is 0 Å². The van der Waals surface area contributed by atoms with Gasteiger partial charge in [0.1, 0.15) is 5.75 Å². The summed E-state index contributed by atoms with van der Waals surface area (Å²) in [6.07, 6.45) is 0. The van der Waals surface area contributed by atoms with Crippen LogP contribution in [0.2, 0.25) is 0 Å². The third kappa shape index (κ3) is 3.50. The standard InChI is InChI=1S/C47H29NO/c1-2-12-32-29-33(22-21-30(32)11-1)31-23-25-34(26-24-31)48-43-19-9-5-15-37(43)38-27-28-42-46(45(38)48)49-44-20-10-8-18-41(44)47(42)39-16-6-3-13-35(39)36-14-4-7-17-40(36)47/h1-29H. The summed E-state index contributed by atoms with van der Waals surface area (Å²) in [5, 5.41) is 4.90. The molecule has 0 saturated heterocycles. The Kier molecular flexibility index (Phi) is 5.34. The highest BCUT2D eigenvalue weighted by molar-refractivity contribution is 6.12. The average molecular weight is 624 g/mol. The molecule has 1 aromatic heterocycles. The lowest BCUT2D eigenvalue weighted by atomic mass is 9.66. The highest BCUT2D eigenvalue weighted by Crippen LogP contribution is 2.63. The van der Waals surface area contributed by atoms with E-state index in [9.17, 15) is 0 Å². The largest absolute Gasteiger partial charge is 0.454 e. The molecule has 1 spiro atoms. The molecule has 0 unspecified atom stereocenters. The number of hydrogen-bond acceptors (Lipinski definition) is 1. The van der Waals surface area contributed by atoms with Crippen LogP contribution >= 0.6 is 0 Å². The second kappa shape index (κ2) is 9.82. The van der Waals surface area contributed by atoms with Gasteiger partial charge in [0, 0.05) is 27.6 Å². The van der Waals surface area contributed by atoms with Crippen molar-refractivity contribution >= 4 is 32.6 Å². The molecule has 9 aromatic rings. The molecule has 228 valence electrons. The summed E-state index contributed by atoms with van der Waals surface area (Å²) in [6.45, 7) is 0. The minimum absolute atomic E-state index is 0.507. The molecule has 2 heteroatoms.